The first-order valence-corrected chi connectivity index (χ1v) is 6.53. The fourth-order valence-corrected chi connectivity index (χ4v) is 2.49. The van der Waals surface area contributed by atoms with Gasteiger partial charge in [-0.25, -0.2) is 9.59 Å². The van der Waals surface area contributed by atoms with E-state index in [1.807, 2.05) is 0 Å². The largest absolute Gasteiger partial charge is 0.504 e. The number of hydrogen-bond acceptors (Lipinski definition) is 4. The highest BCUT2D eigenvalue weighted by atomic mass is 16.4. The predicted molar refractivity (Wildman–Crippen MR) is 81.0 cm³/mol. The standard InChI is InChI=1S/C16H11NO6/c18-11-5-9-10(6-12(11)19)17-14(16(22)23)13(9)7-2-1-3-8(4-7)15(20)21/h1-6,17-19H,(H,20,21)(H,22,23). The van der Waals surface area contributed by atoms with Crippen molar-refractivity contribution in [3.8, 4) is 22.6 Å². The van der Waals surface area contributed by atoms with Gasteiger partial charge in [-0.15, -0.1) is 0 Å². The Morgan fingerprint density at radius 1 is 0.913 bits per heavy atom. The Labute approximate surface area is 129 Å². The number of phenolic OH excluding ortho intramolecular Hbond substituents is 2. The van der Waals surface area contributed by atoms with Crippen LogP contribution in [0.1, 0.15) is 20.8 Å². The summed E-state index contributed by atoms with van der Waals surface area (Å²) < 4.78 is 0. The van der Waals surface area contributed by atoms with Crippen LogP contribution in [0.15, 0.2) is 36.4 Å². The molecule has 7 nitrogen and oxygen atoms in total. The quantitative estimate of drug-likeness (QED) is 0.472. The molecule has 0 fully saturated rings. The molecular formula is C16H11NO6. The smallest absolute Gasteiger partial charge is 0.352 e. The summed E-state index contributed by atoms with van der Waals surface area (Å²) in [6.07, 6.45) is 0. The SMILES string of the molecule is O=C(O)c1cccc(-c2c(C(=O)O)[nH]c3cc(O)c(O)cc23)c1. The number of carboxylic acids is 2. The average molecular weight is 313 g/mol. The normalized spacial score (nSPS) is 10.8. The molecule has 116 valence electrons. The minimum Gasteiger partial charge on any atom is -0.504 e. The van der Waals surface area contributed by atoms with Crippen LogP contribution in [0.3, 0.4) is 0 Å². The zero-order valence-corrected chi connectivity index (χ0v) is 11.6. The molecule has 1 heterocycles. The second-order valence-electron chi connectivity index (χ2n) is 4.95. The second kappa shape index (κ2) is 5.06. The van der Waals surface area contributed by atoms with E-state index in [1.54, 1.807) is 6.07 Å². The highest BCUT2D eigenvalue weighted by molar-refractivity contribution is 6.08. The van der Waals surface area contributed by atoms with Gasteiger partial charge in [0.25, 0.3) is 0 Å². The van der Waals surface area contributed by atoms with Crippen LogP contribution >= 0.6 is 0 Å². The number of benzene rings is 2. The van der Waals surface area contributed by atoms with Crippen molar-refractivity contribution in [3.05, 3.63) is 47.7 Å². The van der Waals surface area contributed by atoms with Crippen LogP contribution in [0.5, 0.6) is 11.5 Å². The molecule has 23 heavy (non-hydrogen) atoms. The fourth-order valence-electron chi connectivity index (χ4n) is 2.49. The van der Waals surface area contributed by atoms with Gasteiger partial charge in [0.05, 0.1) is 11.1 Å². The lowest BCUT2D eigenvalue weighted by atomic mass is 9.99. The third-order valence-corrected chi connectivity index (χ3v) is 3.51. The summed E-state index contributed by atoms with van der Waals surface area (Å²) in [4.78, 5) is 25.2. The number of nitrogens with one attached hydrogen (secondary N) is 1. The van der Waals surface area contributed by atoms with E-state index < -0.39 is 17.7 Å². The molecule has 5 N–H and O–H groups in total. The van der Waals surface area contributed by atoms with Gasteiger partial charge in [-0.3, -0.25) is 0 Å². The van der Waals surface area contributed by atoms with Gasteiger partial charge >= 0.3 is 11.9 Å². The minimum absolute atomic E-state index is 0.0104. The molecule has 0 aliphatic carbocycles. The second-order valence-corrected chi connectivity index (χ2v) is 4.95. The molecule has 0 atom stereocenters. The molecule has 7 heteroatoms. The molecule has 0 spiro atoms. The number of rotatable bonds is 3. The topological polar surface area (TPSA) is 131 Å². The van der Waals surface area contributed by atoms with Crippen molar-refractivity contribution in [1.82, 2.24) is 4.98 Å². The van der Waals surface area contributed by atoms with Gasteiger partial charge < -0.3 is 25.4 Å². The lowest BCUT2D eigenvalue weighted by molar-refractivity contribution is 0.0684. The number of carboxylic acid groups (broad SMARTS) is 2. The van der Waals surface area contributed by atoms with Crippen LogP contribution in [-0.4, -0.2) is 37.3 Å². The number of fused-ring (bicyclic) bond motifs is 1. The molecule has 0 aliphatic rings. The number of aromatic hydroxyl groups is 2. The molecule has 0 aliphatic heterocycles. The summed E-state index contributed by atoms with van der Waals surface area (Å²) in [5.41, 5.74) is 0.779. The molecule has 2 aromatic carbocycles. The van der Waals surface area contributed by atoms with Crippen molar-refractivity contribution < 1.29 is 30.0 Å². The Morgan fingerprint density at radius 3 is 2.26 bits per heavy atom. The van der Waals surface area contributed by atoms with E-state index in [0.717, 1.165) is 0 Å². The van der Waals surface area contributed by atoms with Gasteiger partial charge in [0.15, 0.2) is 11.5 Å². The summed E-state index contributed by atoms with van der Waals surface area (Å²) >= 11 is 0. The molecule has 0 amide bonds. The van der Waals surface area contributed by atoms with E-state index in [-0.39, 0.29) is 22.6 Å². The lowest BCUT2D eigenvalue weighted by Crippen LogP contribution is -2.00. The van der Waals surface area contributed by atoms with Gasteiger partial charge in [0.1, 0.15) is 5.69 Å². The Hall–Kier alpha value is -3.48. The zero-order valence-electron chi connectivity index (χ0n) is 11.6. The van der Waals surface area contributed by atoms with E-state index in [0.29, 0.717) is 16.5 Å². The van der Waals surface area contributed by atoms with Crippen LogP contribution in [0, 0.1) is 0 Å². The summed E-state index contributed by atoms with van der Waals surface area (Å²) in [6.45, 7) is 0. The Bertz CT molecular complexity index is 957. The van der Waals surface area contributed by atoms with Gasteiger partial charge in [-0.05, 0) is 23.8 Å². The molecule has 0 unspecified atom stereocenters. The number of aromatic nitrogens is 1. The Balaban J connectivity index is 2.37. The summed E-state index contributed by atoms with van der Waals surface area (Å²) in [7, 11) is 0. The lowest BCUT2D eigenvalue weighted by Gasteiger charge is -2.04. The average Bonchev–Trinajstić information content (AvgIpc) is 2.86. The Kier molecular flexibility index (Phi) is 3.18. The molecular weight excluding hydrogens is 302 g/mol. The van der Waals surface area contributed by atoms with E-state index in [4.69, 9.17) is 5.11 Å². The highest BCUT2D eigenvalue weighted by Gasteiger charge is 2.20. The number of phenols is 2. The van der Waals surface area contributed by atoms with Gasteiger partial charge in [-0.1, -0.05) is 12.1 Å². The predicted octanol–water partition coefficient (Wildman–Crippen LogP) is 2.64. The third kappa shape index (κ3) is 2.34. The summed E-state index contributed by atoms with van der Waals surface area (Å²) in [6, 6.07) is 8.26. The maximum Gasteiger partial charge on any atom is 0.352 e. The van der Waals surface area contributed by atoms with Crippen LogP contribution in [0.25, 0.3) is 22.0 Å². The number of aromatic amines is 1. The summed E-state index contributed by atoms with van der Waals surface area (Å²) in [5.74, 6) is -3.16. The van der Waals surface area contributed by atoms with Crippen LogP contribution < -0.4 is 0 Å². The van der Waals surface area contributed by atoms with E-state index in [9.17, 15) is 24.9 Å². The van der Waals surface area contributed by atoms with E-state index in [1.165, 1.54) is 30.3 Å². The number of hydrogen-bond donors (Lipinski definition) is 5. The maximum absolute atomic E-state index is 11.5. The van der Waals surface area contributed by atoms with Crippen LogP contribution in [0.2, 0.25) is 0 Å². The summed E-state index contributed by atoms with van der Waals surface area (Å²) in [5, 5.41) is 38.0. The number of H-pyrrole nitrogens is 1. The first-order valence-electron chi connectivity index (χ1n) is 6.53. The Morgan fingerprint density at radius 2 is 1.61 bits per heavy atom. The molecule has 0 radical (unpaired) electrons. The number of aromatic carboxylic acids is 2. The molecule has 0 saturated heterocycles. The van der Waals surface area contributed by atoms with Gasteiger partial charge in [0, 0.05) is 17.0 Å². The molecule has 3 aromatic rings. The molecule has 1 aromatic heterocycles. The van der Waals surface area contributed by atoms with Crippen molar-refractivity contribution in [2.45, 2.75) is 0 Å². The van der Waals surface area contributed by atoms with Crippen LogP contribution in [0.4, 0.5) is 0 Å². The van der Waals surface area contributed by atoms with Crippen molar-refractivity contribution in [1.29, 1.82) is 0 Å². The monoisotopic (exact) mass is 313 g/mol. The first kappa shape index (κ1) is 14.5. The third-order valence-electron chi connectivity index (χ3n) is 3.51. The molecule has 0 saturated carbocycles. The fraction of sp³-hybridized carbons (Fsp3) is 0. The highest BCUT2D eigenvalue weighted by Crippen LogP contribution is 2.38. The van der Waals surface area contributed by atoms with Gasteiger partial charge in [-0.2, -0.15) is 0 Å². The van der Waals surface area contributed by atoms with E-state index >= 15 is 0 Å². The first-order chi connectivity index (χ1) is 10.9. The van der Waals surface area contributed by atoms with Gasteiger partial charge in [0.2, 0.25) is 0 Å². The minimum atomic E-state index is -1.24. The maximum atomic E-state index is 11.5. The molecule has 3 rings (SSSR count). The van der Waals surface area contributed by atoms with Crippen LogP contribution in [-0.2, 0) is 0 Å². The van der Waals surface area contributed by atoms with Crippen molar-refractivity contribution in [2.24, 2.45) is 0 Å². The molecule has 0 bridgehead atoms. The number of carbonyl (C=O) groups is 2. The van der Waals surface area contributed by atoms with E-state index in [2.05, 4.69) is 4.98 Å². The van der Waals surface area contributed by atoms with Crippen molar-refractivity contribution in [2.75, 3.05) is 0 Å². The van der Waals surface area contributed by atoms with Crippen molar-refractivity contribution >= 4 is 22.8 Å². The van der Waals surface area contributed by atoms with Crippen molar-refractivity contribution in [3.63, 3.8) is 0 Å². The zero-order chi connectivity index (χ0) is 16.7.